The first-order valence-electron chi connectivity index (χ1n) is 6.98. The van der Waals surface area contributed by atoms with Crippen LogP contribution in [0.1, 0.15) is 55.5 Å². The van der Waals surface area contributed by atoms with E-state index in [1.807, 2.05) is 0 Å². The van der Waals surface area contributed by atoms with Crippen molar-refractivity contribution in [2.24, 2.45) is 0 Å². The molecule has 0 amide bonds. The van der Waals surface area contributed by atoms with Crippen molar-refractivity contribution >= 4 is 17.0 Å². The zero-order chi connectivity index (χ0) is 13.8. The van der Waals surface area contributed by atoms with Crippen molar-refractivity contribution in [1.29, 1.82) is 0 Å². The van der Waals surface area contributed by atoms with Gasteiger partial charge in [-0.05, 0) is 40.5 Å². The van der Waals surface area contributed by atoms with Crippen LogP contribution in [0.5, 0.6) is 0 Å². The SMILES string of the molecule is CC(C)c1ccc(NCc2cccs2)c(C(C)C)c1. The van der Waals surface area contributed by atoms with Gasteiger partial charge in [-0.1, -0.05) is 45.9 Å². The largest absolute Gasteiger partial charge is 0.380 e. The van der Waals surface area contributed by atoms with E-state index in [0.717, 1.165) is 6.54 Å². The van der Waals surface area contributed by atoms with Gasteiger partial charge in [0, 0.05) is 17.1 Å². The highest BCUT2D eigenvalue weighted by atomic mass is 32.1. The van der Waals surface area contributed by atoms with Gasteiger partial charge in [0.15, 0.2) is 0 Å². The van der Waals surface area contributed by atoms with Gasteiger partial charge in [-0.3, -0.25) is 0 Å². The zero-order valence-electron chi connectivity index (χ0n) is 12.2. The van der Waals surface area contributed by atoms with Crippen LogP contribution in [-0.2, 0) is 6.54 Å². The minimum atomic E-state index is 0.546. The Morgan fingerprint density at radius 2 is 1.84 bits per heavy atom. The maximum Gasteiger partial charge on any atom is 0.0494 e. The molecule has 0 unspecified atom stereocenters. The first-order chi connectivity index (χ1) is 9.08. The summed E-state index contributed by atoms with van der Waals surface area (Å²) < 4.78 is 0. The summed E-state index contributed by atoms with van der Waals surface area (Å²) in [5.74, 6) is 1.13. The highest BCUT2D eigenvalue weighted by Gasteiger charge is 2.09. The van der Waals surface area contributed by atoms with Crippen LogP contribution in [0.2, 0.25) is 0 Å². The normalized spacial score (nSPS) is 11.3. The Morgan fingerprint density at radius 3 is 2.42 bits per heavy atom. The van der Waals surface area contributed by atoms with Gasteiger partial charge in [-0.2, -0.15) is 0 Å². The Hall–Kier alpha value is -1.28. The van der Waals surface area contributed by atoms with Crippen molar-refractivity contribution in [2.75, 3.05) is 5.32 Å². The van der Waals surface area contributed by atoms with E-state index < -0.39 is 0 Å². The molecule has 2 aromatic rings. The van der Waals surface area contributed by atoms with E-state index in [0.29, 0.717) is 11.8 Å². The number of anilines is 1. The van der Waals surface area contributed by atoms with E-state index in [1.54, 1.807) is 11.3 Å². The van der Waals surface area contributed by atoms with Crippen molar-refractivity contribution in [2.45, 2.75) is 46.1 Å². The average Bonchev–Trinajstić information content (AvgIpc) is 2.89. The molecular weight excluding hydrogens is 250 g/mol. The standard InChI is InChI=1S/C17H23NS/c1-12(2)14-7-8-17(16(10-14)13(3)4)18-11-15-6-5-9-19-15/h5-10,12-13,18H,11H2,1-4H3. The second-order valence-corrected chi connectivity index (χ2v) is 6.62. The third-order valence-electron chi connectivity index (χ3n) is 3.40. The summed E-state index contributed by atoms with van der Waals surface area (Å²) in [4.78, 5) is 1.38. The summed E-state index contributed by atoms with van der Waals surface area (Å²) in [5.41, 5.74) is 4.11. The smallest absolute Gasteiger partial charge is 0.0494 e. The topological polar surface area (TPSA) is 12.0 Å². The molecule has 0 aliphatic rings. The molecule has 0 aliphatic carbocycles. The fourth-order valence-corrected chi connectivity index (χ4v) is 2.82. The lowest BCUT2D eigenvalue weighted by molar-refractivity contribution is 0.833. The Balaban J connectivity index is 2.19. The molecule has 102 valence electrons. The summed E-state index contributed by atoms with van der Waals surface area (Å²) >= 11 is 1.80. The Kier molecular flexibility index (Phi) is 4.65. The first kappa shape index (κ1) is 14.1. The quantitative estimate of drug-likeness (QED) is 0.747. The van der Waals surface area contributed by atoms with E-state index >= 15 is 0 Å². The van der Waals surface area contributed by atoms with Gasteiger partial charge in [0.1, 0.15) is 0 Å². The maximum absolute atomic E-state index is 3.57. The average molecular weight is 273 g/mol. The molecular formula is C17H23NS. The van der Waals surface area contributed by atoms with Crippen LogP contribution >= 0.6 is 11.3 Å². The summed E-state index contributed by atoms with van der Waals surface area (Å²) in [6.45, 7) is 9.93. The molecule has 2 rings (SSSR count). The van der Waals surface area contributed by atoms with Crippen LogP contribution in [0.3, 0.4) is 0 Å². The molecule has 0 aliphatic heterocycles. The number of nitrogens with one attached hydrogen (secondary N) is 1. The molecule has 0 bridgehead atoms. The molecule has 0 fully saturated rings. The number of thiophene rings is 1. The van der Waals surface area contributed by atoms with Crippen LogP contribution in [0.25, 0.3) is 0 Å². The lowest BCUT2D eigenvalue weighted by Crippen LogP contribution is -2.03. The van der Waals surface area contributed by atoms with E-state index in [1.165, 1.54) is 21.7 Å². The number of rotatable bonds is 5. The van der Waals surface area contributed by atoms with E-state index in [2.05, 4.69) is 68.7 Å². The Labute approximate surface area is 120 Å². The zero-order valence-corrected chi connectivity index (χ0v) is 13.1. The molecule has 0 spiro atoms. The highest BCUT2D eigenvalue weighted by Crippen LogP contribution is 2.29. The molecule has 1 aromatic carbocycles. The third-order valence-corrected chi connectivity index (χ3v) is 4.27. The van der Waals surface area contributed by atoms with E-state index in [9.17, 15) is 0 Å². The molecule has 1 aromatic heterocycles. The molecule has 1 N–H and O–H groups in total. The van der Waals surface area contributed by atoms with Crippen LogP contribution in [0.4, 0.5) is 5.69 Å². The fourth-order valence-electron chi connectivity index (χ4n) is 2.17. The van der Waals surface area contributed by atoms with Gasteiger partial charge in [-0.15, -0.1) is 11.3 Å². The molecule has 0 atom stereocenters. The lowest BCUT2D eigenvalue weighted by Gasteiger charge is -2.17. The van der Waals surface area contributed by atoms with Crippen molar-refractivity contribution in [3.8, 4) is 0 Å². The molecule has 0 radical (unpaired) electrons. The molecule has 1 nitrogen and oxygen atoms in total. The highest BCUT2D eigenvalue weighted by molar-refractivity contribution is 7.09. The van der Waals surface area contributed by atoms with Crippen LogP contribution in [0.15, 0.2) is 35.7 Å². The number of hydrogen-bond acceptors (Lipinski definition) is 2. The monoisotopic (exact) mass is 273 g/mol. The van der Waals surface area contributed by atoms with Crippen LogP contribution < -0.4 is 5.32 Å². The van der Waals surface area contributed by atoms with Crippen LogP contribution in [-0.4, -0.2) is 0 Å². The number of hydrogen-bond donors (Lipinski definition) is 1. The molecule has 19 heavy (non-hydrogen) atoms. The third kappa shape index (κ3) is 3.60. The maximum atomic E-state index is 3.57. The Bertz CT molecular complexity index is 512. The summed E-state index contributed by atoms with van der Waals surface area (Å²) in [7, 11) is 0. The molecule has 0 saturated carbocycles. The minimum absolute atomic E-state index is 0.546. The predicted octanol–water partition coefficient (Wildman–Crippen LogP) is 5.61. The number of benzene rings is 1. The van der Waals surface area contributed by atoms with Gasteiger partial charge in [0.05, 0.1) is 0 Å². The minimum Gasteiger partial charge on any atom is -0.380 e. The van der Waals surface area contributed by atoms with E-state index in [-0.39, 0.29) is 0 Å². The molecule has 2 heteroatoms. The van der Waals surface area contributed by atoms with Crippen molar-refractivity contribution in [1.82, 2.24) is 0 Å². The lowest BCUT2D eigenvalue weighted by atomic mass is 9.94. The predicted molar refractivity (Wildman–Crippen MR) is 86.3 cm³/mol. The van der Waals surface area contributed by atoms with Crippen LogP contribution in [0, 0.1) is 0 Å². The van der Waals surface area contributed by atoms with Gasteiger partial charge >= 0.3 is 0 Å². The van der Waals surface area contributed by atoms with Gasteiger partial charge in [-0.25, -0.2) is 0 Å². The first-order valence-corrected chi connectivity index (χ1v) is 7.86. The Morgan fingerprint density at radius 1 is 1.05 bits per heavy atom. The van der Waals surface area contributed by atoms with Gasteiger partial charge < -0.3 is 5.32 Å². The summed E-state index contributed by atoms with van der Waals surface area (Å²) in [5, 5.41) is 5.70. The van der Waals surface area contributed by atoms with Crippen molar-refractivity contribution in [3.63, 3.8) is 0 Å². The molecule has 1 heterocycles. The van der Waals surface area contributed by atoms with E-state index in [4.69, 9.17) is 0 Å². The molecule has 0 saturated heterocycles. The summed E-state index contributed by atoms with van der Waals surface area (Å²) in [6, 6.07) is 11.1. The second kappa shape index (κ2) is 6.25. The van der Waals surface area contributed by atoms with Crippen molar-refractivity contribution < 1.29 is 0 Å². The fraction of sp³-hybridized carbons (Fsp3) is 0.412. The second-order valence-electron chi connectivity index (χ2n) is 5.59. The van der Waals surface area contributed by atoms with Gasteiger partial charge in [0.25, 0.3) is 0 Å². The van der Waals surface area contributed by atoms with Crippen molar-refractivity contribution in [3.05, 3.63) is 51.7 Å². The summed E-state index contributed by atoms with van der Waals surface area (Å²) in [6.07, 6.45) is 0. The van der Waals surface area contributed by atoms with Gasteiger partial charge in [0.2, 0.25) is 0 Å².